The third-order valence-corrected chi connectivity index (χ3v) is 7.02. The van der Waals surface area contributed by atoms with Crippen molar-refractivity contribution in [2.45, 2.75) is 63.7 Å². The van der Waals surface area contributed by atoms with Crippen LogP contribution in [0, 0.1) is 0 Å². The number of methoxy groups -OCH3 is 1. The molecule has 178 valence electrons. The van der Waals surface area contributed by atoms with E-state index >= 15 is 0 Å². The van der Waals surface area contributed by atoms with E-state index in [4.69, 9.17) is 9.15 Å². The Balaban J connectivity index is 1.52. The summed E-state index contributed by atoms with van der Waals surface area (Å²) >= 11 is 0. The molecule has 1 aliphatic heterocycles. The Hall–Kier alpha value is -3.55. The summed E-state index contributed by atoms with van der Waals surface area (Å²) in [7, 11) is 1.61. The molecule has 1 unspecified atom stereocenters. The van der Waals surface area contributed by atoms with E-state index in [1.54, 1.807) is 41.2 Å². The average Bonchev–Trinajstić information content (AvgIpc) is 3.53. The number of aromatic nitrogens is 2. The van der Waals surface area contributed by atoms with Gasteiger partial charge in [0.05, 0.1) is 26.5 Å². The molecule has 0 radical (unpaired) electrons. The number of carbonyl (C=O) groups excluding carboxylic acids is 2. The van der Waals surface area contributed by atoms with Gasteiger partial charge in [0, 0.05) is 17.7 Å². The maximum Gasteiger partial charge on any atom is 0.273 e. The fraction of sp³-hybridized carbons (Fsp3) is 0.423. The number of para-hydroxylation sites is 1. The van der Waals surface area contributed by atoms with Gasteiger partial charge in [0.25, 0.3) is 5.91 Å². The molecule has 1 atom stereocenters. The molecule has 0 saturated heterocycles. The minimum Gasteiger partial charge on any atom is -0.496 e. The number of amides is 2. The van der Waals surface area contributed by atoms with Crippen LogP contribution < -0.4 is 10.1 Å². The molecular formula is C26H30N4O4. The highest BCUT2D eigenvalue weighted by Crippen LogP contribution is 2.33. The second kappa shape index (κ2) is 9.00. The molecule has 1 fully saturated rings. The number of hydrogen-bond acceptors (Lipinski definition) is 5. The molecule has 8 heteroatoms. The van der Waals surface area contributed by atoms with Crippen molar-refractivity contribution in [3.8, 4) is 17.2 Å². The van der Waals surface area contributed by atoms with Crippen LogP contribution >= 0.6 is 0 Å². The van der Waals surface area contributed by atoms with E-state index in [2.05, 4.69) is 10.4 Å². The Morgan fingerprint density at radius 2 is 2.00 bits per heavy atom. The maximum absolute atomic E-state index is 13.8. The Morgan fingerprint density at radius 3 is 2.74 bits per heavy atom. The van der Waals surface area contributed by atoms with Crippen LogP contribution in [0.25, 0.3) is 11.5 Å². The molecule has 2 aromatic heterocycles. The summed E-state index contributed by atoms with van der Waals surface area (Å²) in [5.74, 6) is 0.868. The molecular weight excluding hydrogens is 432 g/mol. The van der Waals surface area contributed by atoms with Gasteiger partial charge < -0.3 is 19.4 Å². The van der Waals surface area contributed by atoms with Crippen molar-refractivity contribution in [1.82, 2.24) is 20.0 Å². The topological polar surface area (TPSA) is 89.6 Å². The van der Waals surface area contributed by atoms with E-state index in [0.29, 0.717) is 22.9 Å². The van der Waals surface area contributed by atoms with E-state index in [0.717, 1.165) is 31.2 Å². The number of fused-ring (bicyclic) bond motifs is 1. The first-order valence-electron chi connectivity index (χ1n) is 11.9. The number of benzene rings is 1. The van der Waals surface area contributed by atoms with Crippen molar-refractivity contribution in [2.75, 3.05) is 7.11 Å². The van der Waals surface area contributed by atoms with Crippen molar-refractivity contribution >= 4 is 11.8 Å². The summed E-state index contributed by atoms with van der Waals surface area (Å²) in [6.45, 7) is 2.33. The molecule has 1 aliphatic carbocycles. The first kappa shape index (κ1) is 22.3. The highest BCUT2D eigenvalue weighted by molar-refractivity contribution is 6.00. The van der Waals surface area contributed by atoms with Crippen LogP contribution in [-0.2, 0) is 17.9 Å². The van der Waals surface area contributed by atoms with E-state index in [9.17, 15) is 9.59 Å². The van der Waals surface area contributed by atoms with E-state index in [1.165, 1.54) is 6.42 Å². The third-order valence-electron chi connectivity index (χ3n) is 7.02. The first-order chi connectivity index (χ1) is 16.5. The number of carbonyl (C=O) groups is 2. The van der Waals surface area contributed by atoms with Crippen LogP contribution in [0.4, 0.5) is 0 Å². The van der Waals surface area contributed by atoms with Gasteiger partial charge in [-0.2, -0.15) is 5.10 Å². The molecule has 3 heterocycles. The van der Waals surface area contributed by atoms with Gasteiger partial charge in [0.1, 0.15) is 22.7 Å². The number of ether oxygens (including phenoxy) is 1. The zero-order chi connectivity index (χ0) is 23.7. The average molecular weight is 463 g/mol. The molecule has 34 heavy (non-hydrogen) atoms. The Bertz CT molecular complexity index is 1180. The van der Waals surface area contributed by atoms with Gasteiger partial charge in [0.2, 0.25) is 5.91 Å². The smallest absolute Gasteiger partial charge is 0.273 e. The van der Waals surface area contributed by atoms with Crippen LogP contribution in [0.15, 0.2) is 53.1 Å². The minimum atomic E-state index is -1.12. The van der Waals surface area contributed by atoms with Crippen molar-refractivity contribution in [3.05, 3.63) is 60.0 Å². The molecule has 2 aliphatic rings. The highest BCUT2D eigenvalue weighted by atomic mass is 16.5. The quantitative estimate of drug-likeness (QED) is 0.598. The Morgan fingerprint density at radius 1 is 1.21 bits per heavy atom. The molecule has 1 N–H and O–H groups in total. The lowest BCUT2D eigenvalue weighted by molar-refractivity contribution is -0.134. The van der Waals surface area contributed by atoms with Gasteiger partial charge in [-0.3, -0.25) is 14.3 Å². The lowest BCUT2D eigenvalue weighted by Crippen LogP contribution is -2.64. The molecule has 5 rings (SSSR count). The summed E-state index contributed by atoms with van der Waals surface area (Å²) < 4.78 is 12.7. The summed E-state index contributed by atoms with van der Waals surface area (Å²) in [6, 6.07) is 13.0. The number of rotatable bonds is 6. The normalized spacial score (nSPS) is 20.8. The summed E-state index contributed by atoms with van der Waals surface area (Å²) in [5.41, 5.74) is 0.732. The van der Waals surface area contributed by atoms with Gasteiger partial charge >= 0.3 is 0 Å². The zero-order valence-corrected chi connectivity index (χ0v) is 19.6. The molecule has 0 spiro atoms. The van der Waals surface area contributed by atoms with Gasteiger partial charge in [-0.05, 0) is 38.0 Å². The number of hydrogen-bond donors (Lipinski definition) is 1. The van der Waals surface area contributed by atoms with Crippen molar-refractivity contribution in [2.24, 2.45) is 0 Å². The molecule has 1 aromatic carbocycles. The van der Waals surface area contributed by atoms with Gasteiger partial charge in [-0.15, -0.1) is 0 Å². The zero-order valence-electron chi connectivity index (χ0n) is 19.6. The number of nitrogens with one attached hydrogen (secondary N) is 1. The lowest BCUT2D eigenvalue weighted by atomic mass is 9.91. The van der Waals surface area contributed by atoms with E-state index < -0.39 is 5.54 Å². The summed E-state index contributed by atoms with van der Waals surface area (Å²) in [4.78, 5) is 29.2. The number of furan rings is 1. The summed E-state index contributed by atoms with van der Waals surface area (Å²) in [5, 5.41) is 7.85. The monoisotopic (exact) mass is 462 g/mol. The van der Waals surface area contributed by atoms with Gasteiger partial charge in [-0.1, -0.05) is 37.5 Å². The Labute approximate surface area is 198 Å². The van der Waals surface area contributed by atoms with Crippen LogP contribution in [0.1, 0.15) is 55.1 Å². The second-order valence-electron chi connectivity index (χ2n) is 9.34. The lowest BCUT2D eigenvalue weighted by Gasteiger charge is -2.44. The van der Waals surface area contributed by atoms with Crippen LogP contribution in [0.2, 0.25) is 0 Å². The van der Waals surface area contributed by atoms with Crippen molar-refractivity contribution < 1.29 is 18.7 Å². The molecule has 3 aromatic rings. The van der Waals surface area contributed by atoms with Crippen LogP contribution in [0.3, 0.4) is 0 Å². The SMILES string of the molecule is COc1ccccc1CN1C(=O)c2cc(-c3ccco3)nn2CC1(C)C(=O)NC1CCCCC1. The van der Waals surface area contributed by atoms with Crippen LogP contribution in [0.5, 0.6) is 5.75 Å². The predicted octanol–water partition coefficient (Wildman–Crippen LogP) is 4.02. The first-order valence-corrected chi connectivity index (χ1v) is 11.9. The van der Waals surface area contributed by atoms with Crippen molar-refractivity contribution in [3.63, 3.8) is 0 Å². The summed E-state index contributed by atoms with van der Waals surface area (Å²) in [6.07, 6.45) is 6.94. The standard InChI is InChI=1S/C26H30N4O4/c1-26(25(32)27-19-10-4-3-5-11-19)17-30-21(15-20(28-30)23-13-8-14-34-23)24(31)29(26)16-18-9-6-7-12-22(18)33-2/h6-9,12-15,19H,3-5,10-11,16-17H2,1-2H3,(H,27,32). The Kier molecular flexibility index (Phi) is 5.89. The molecule has 2 amide bonds. The highest BCUT2D eigenvalue weighted by Gasteiger charge is 2.48. The molecule has 0 bridgehead atoms. The number of nitrogens with zero attached hydrogens (tertiary/aromatic N) is 3. The minimum absolute atomic E-state index is 0.138. The van der Waals surface area contributed by atoms with Crippen LogP contribution in [-0.4, -0.2) is 45.2 Å². The van der Waals surface area contributed by atoms with Crippen molar-refractivity contribution in [1.29, 1.82) is 0 Å². The van der Waals surface area contributed by atoms with E-state index in [-0.39, 0.29) is 30.9 Å². The second-order valence-corrected chi connectivity index (χ2v) is 9.34. The fourth-order valence-electron chi connectivity index (χ4n) is 5.03. The maximum atomic E-state index is 13.8. The molecule has 1 saturated carbocycles. The van der Waals surface area contributed by atoms with Gasteiger partial charge in [-0.25, -0.2) is 0 Å². The largest absolute Gasteiger partial charge is 0.496 e. The molecule has 8 nitrogen and oxygen atoms in total. The third kappa shape index (κ3) is 3.97. The predicted molar refractivity (Wildman–Crippen MR) is 126 cm³/mol. The fourth-order valence-corrected chi connectivity index (χ4v) is 5.03. The van der Waals surface area contributed by atoms with E-state index in [1.807, 2.05) is 31.2 Å². The van der Waals surface area contributed by atoms with Gasteiger partial charge in [0.15, 0.2) is 5.76 Å².